The van der Waals surface area contributed by atoms with Crippen molar-refractivity contribution in [3.05, 3.63) is 11.9 Å². The summed E-state index contributed by atoms with van der Waals surface area (Å²) in [5, 5.41) is 2.47. The van der Waals surface area contributed by atoms with Gasteiger partial charge in [-0.1, -0.05) is 13.8 Å². The Hall–Kier alpha value is -1.89. The van der Waals surface area contributed by atoms with E-state index in [1.807, 2.05) is 13.8 Å². The molecule has 7 heteroatoms. The fourth-order valence-electron chi connectivity index (χ4n) is 1.17. The van der Waals surface area contributed by atoms with Gasteiger partial charge in [0, 0.05) is 6.54 Å². The molecule has 114 valence electrons. The van der Waals surface area contributed by atoms with Gasteiger partial charge in [-0.2, -0.15) is 4.98 Å². The maximum Gasteiger partial charge on any atom is 0.413 e. The second-order valence-electron chi connectivity index (χ2n) is 4.54. The fraction of sp³-hybridized carbons (Fsp3) is 0.615. The monoisotopic (exact) mass is 284 g/mol. The molecule has 1 heterocycles. The average Bonchev–Trinajstić information content (AvgIpc) is 2.38. The van der Waals surface area contributed by atoms with Crippen LogP contribution >= 0.6 is 0 Å². The van der Waals surface area contributed by atoms with E-state index in [0.29, 0.717) is 5.69 Å². The van der Waals surface area contributed by atoms with Crippen LogP contribution in [0, 0.1) is 0 Å². The van der Waals surface area contributed by atoms with E-state index in [2.05, 4.69) is 15.3 Å². The molecule has 7 nitrogen and oxygen atoms in total. The van der Waals surface area contributed by atoms with E-state index >= 15 is 0 Å². The Labute approximate surface area is 119 Å². The number of nitrogens with two attached hydrogens (primary N) is 1. The molecule has 1 rings (SSSR count). The maximum atomic E-state index is 11.5. The van der Waals surface area contributed by atoms with Crippen molar-refractivity contribution in [1.29, 1.82) is 0 Å². The number of aromatic nitrogens is 2. The standard InChI is InChI=1S/C11H18N4O3.C2H6/c1-11(2,3)18-10(16)15-8-6-13-7(5-12)9(14-8)17-4;1-2/h6H,5,12H2,1-4H3,(H,14,15,16);1-2H3. The van der Waals surface area contributed by atoms with Gasteiger partial charge in [-0.05, 0) is 20.8 Å². The van der Waals surface area contributed by atoms with Gasteiger partial charge in [0.15, 0.2) is 5.82 Å². The van der Waals surface area contributed by atoms with Crippen molar-refractivity contribution < 1.29 is 14.3 Å². The molecule has 0 atom stereocenters. The fourth-order valence-corrected chi connectivity index (χ4v) is 1.17. The van der Waals surface area contributed by atoms with Crippen molar-refractivity contribution in [2.24, 2.45) is 5.73 Å². The number of rotatable bonds is 3. The second kappa shape index (κ2) is 8.31. The topological polar surface area (TPSA) is 99.4 Å². The first-order valence-corrected chi connectivity index (χ1v) is 6.45. The first kappa shape index (κ1) is 18.1. The molecule has 0 aliphatic heterocycles. The van der Waals surface area contributed by atoms with Crippen molar-refractivity contribution in [2.45, 2.75) is 46.8 Å². The predicted octanol–water partition coefficient (Wildman–Crippen LogP) is 2.32. The van der Waals surface area contributed by atoms with Crippen molar-refractivity contribution in [3.8, 4) is 5.88 Å². The van der Waals surface area contributed by atoms with Gasteiger partial charge in [-0.3, -0.25) is 10.3 Å². The zero-order valence-electron chi connectivity index (χ0n) is 13.0. The van der Waals surface area contributed by atoms with E-state index in [0.717, 1.165) is 0 Å². The van der Waals surface area contributed by atoms with Crippen LogP contribution in [0.1, 0.15) is 40.3 Å². The van der Waals surface area contributed by atoms with E-state index in [-0.39, 0.29) is 18.2 Å². The van der Waals surface area contributed by atoms with Gasteiger partial charge in [-0.15, -0.1) is 0 Å². The van der Waals surface area contributed by atoms with E-state index in [4.69, 9.17) is 15.2 Å². The number of nitrogens with one attached hydrogen (secondary N) is 1. The lowest BCUT2D eigenvalue weighted by atomic mass is 10.2. The van der Waals surface area contributed by atoms with Crippen LogP contribution in [0.25, 0.3) is 0 Å². The summed E-state index contributed by atoms with van der Waals surface area (Å²) in [4.78, 5) is 19.6. The minimum atomic E-state index is -0.598. The van der Waals surface area contributed by atoms with Crippen LogP contribution < -0.4 is 15.8 Å². The number of hydrogen-bond donors (Lipinski definition) is 2. The third kappa shape index (κ3) is 6.33. The number of carbonyl (C=O) groups is 1. The normalized spacial score (nSPS) is 10.2. The Morgan fingerprint density at radius 3 is 2.45 bits per heavy atom. The molecule has 0 aliphatic rings. The quantitative estimate of drug-likeness (QED) is 0.883. The minimum absolute atomic E-state index is 0.211. The van der Waals surface area contributed by atoms with Gasteiger partial charge in [0.1, 0.15) is 11.3 Å². The molecule has 0 aromatic carbocycles. The Morgan fingerprint density at radius 1 is 1.40 bits per heavy atom. The van der Waals surface area contributed by atoms with Crippen molar-refractivity contribution in [2.75, 3.05) is 12.4 Å². The molecular formula is C13H24N4O3. The summed E-state index contributed by atoms with van der Waals surface area (Å²) in [6, 6.07) is 0. The highest BCUT2D eigenvalue weighted by Crippen LogP contribution is 2.15. The predicted molar refractivity (Wildman–Crippen MR) is 77.7 cm³/mol. The van der Waals surface area contributed by atoms with Gasteiger partial charge >= 0.3 is 6.09 Å². The van der Waals surface area contributed by atoms with Gasteiger partial charge < -0.3 is 15.2 Å². The zero-order valence-corrected chi connectivity index (χ0v) is 13.0. The Kier molecular flexibility index (Phi) is 7.53. The van der Waals surface area contributed by atoms with Crippen LogP contribution in [0.3, 0.4) is 0 Å². The van der Waals surface area contributed by atoms with Crippen LogP contribution in [0.2, 0.25) is 0 Å². The molecule has 20 heavy (non-hydrogen) atoms. The Morgan fingerprint density at radius 2 is 2.00 bits per heavy atom. The molecule has 0 spiro atoms. The average molecular weight is 284 g/mol. The highest BCUT2D eigenvalue weighted by atomic mass is 16.6. The summed E-state index contributed by atoms with van der Waals surface area (Å²) in [6.07, 6.45) is 0.800. The summed E-state index contributed by atoms with van der Waals surface area (Å²) in [5.41, 5.74) is 5.42. The first-order chi connectivity index (χ1) is 9.35. The summed E-state index contributed by atoms with van der Waals surface area (Å²) in [5.74, 6) is 0.532. The van der Waals surface area contributed by atoms with E-state index in [1.54, 1.807) is 20.8 Å². The maximum absolute atomic E-state index is 11.5. The molecule has 0 saturated heterocycles. The minimum Gasteiger partial charge on any atom is -0.480 e. The van der Waals surface area contributed by atoms with E-state index < -0.39 is 11.7 Å². The SMILES string of the molecule is CC.COc1nc(NC(=O)OC(C)(C)C)cnc1CN. The Balaban J connectivity index is 0.00000172. The zero-order chi connectivity index (χ0) is 15.8. The van der Waals surface area contributed by atoms with E-state index in [1.165, 1.54) is 13.3 Å². The van der Waals surface area contributed by atoms with Crippen LogP contribution in [0.5, 0.6) is 5.88 Å². The summed E-state index contributed by atoms with van der Waals surface area (Å²) in [6.45, 7) is 9.53. The molecule has 0 saturated carbocycles. The molecule has 0 unspecified atom stereocenters. The van der Waals surface area contributed by atoms with Gasteiger partial charge in [-0.25, -0.2) is 4.79 Å². The van der Waals surface area contributed by atoms with Gasteiger partial charge in [0.25, 0.3) is 0 Å². The van der Waals surface area contributed by atoms with Crippen molar-refractivity contribution in [1.82, 2.24) is 9.97 Å². The Bertz CT molecular complexity index is 430. The number of ether oxygens (including phenoxy) is 2. The van der Waals surface area contributed by atoms with Crippen molar-refractivity contribution in [3.63, 3.8) is 0 Å². The lowest BCUT2D eigenvalue weighted by molar-refractivity contribution is 0.0635. The highest BCUT2D eigenvalue weighted by Gasteiger charge is 2.17. The molecule has 0 bridgehead atoms. The molecule has 0 fully saturated rings. The lowest BCUT2D eigenvalue weighted by Gasteiger charge is -2.19. The molecule has 1 aromatic heterocycles. The number of nitrogens with zero attached hydrogens (tertiary/aromatic N) is 2. The molecule has 0 aliphatic carbocycles. The molecular weight excluding hydrogens is 260 g/mol. The molecule has 3 N–H and O–H groups in total. The lowest BCUT2D eigenvalue weighted by Crippen LogP contribution is -2.27. The largest absolute Gasteiger partial charge is 0.480 e. The number of hydrogen-bond acceptors (Lipinski definition) is 6. The smallest absolute Gasteiger partial charge is 0.413 e. The molecule has 1 aromatic rings. The van der Waals surface area contributed by atoms with Crippen LogP contribution in [-0.2, 0) is 11.3 Å². The third-order valence-electron chi connectivity index (χ3n) is 1.83. The van der Waals surface area contributed by atoms with Gasteiger partial charge in [0.05, 0.1) is 13.3 Å². The summed E-state index contributed by atoms with van der Waals surface area (Å²) in [7, 11) is 1.46. The third-order valence-corrected chi connectivity index (χ3v) is 1.83. The van der Waals surface area contributed by atoms with Crippen LogP contribution in [0.4, 0.5) is 10.6 Å². The number of amides is 1. The highest BCUT2D eigenvalue weighted by molar-refractivity contribution is 5.83. The summed E-state index contributed by atoms with van der Waals surface area (Å²) < 4.78 is 10.1. The number of carbonyl (C=O) groups excluding carboxylic acids is 1. The molecule has 1 amide bonds. The van der Waals surface area contributed by atoms with Gasteiger partial charge in [0.2, 0.25) is 5.88 Å². The summed E-state index contributed by atoms with van der Waals surface area (Å²) >= 11 is 0. The molecule has 0 radical (unpaired) electrons. The number of methoxy groups -OCH3 is 1. The van der Waals surface area contributed by atoms with Crippen LogP contribution in [-0.4, -0.2) is 28.8 Å². The van der Waals surface area contributed by atoms with Crippen LogP contribution in [0.15, 0.2) is 6.20 Å². The van der Waals surface area contributed by atoms with E-state index in [9.17, 15) is 4.79 Å². The second-order valence-corrected chi connectivity index (χ2v) is 4.54. The number of anilines is 1. The van der Waals surface area contributed by atoms with Crippen molar-refractivity contribution >= 4 is 11.9 Å². The first-order valence-electron chi connectivity index (χ1n) is 6.45.